The van der Waals surface area contributed by atoms with E-state index < -0.39 is 5.82 Å². The maximum Gasteiger partial charge on any atom is 0.274 e. The van der Waals surface area contributed by atoms with E-state index in [0.717, 1.165) is 18.7 Å². The van der Waals surface area contributed by atoms with Crippen molar-refractivity contribution in [2.75, 3.05) is 26.7 Å². The van der Waals surface area contributed by atoms with Crippen LogP contribution in [-0.2, 0) is 0 Å². The van der Waals surface area contributed by atoms with Crippen LogP contribution in [0.1, 0.15) is 35.1 Å². The number of nitriles is 1. The lowest BCUT2D eigenvalue weighted by Gasteiger charge is -2.16. The van der Waals surface area contributed by atoms with Crippen LogP contribution in [0.2, 0.25) is 0 Å². The number of likely N-dealkylation sites (N-methyl/N-ethyl adjacent to an activating group) is 1. The van der Waals surface area contributed by atoms with E-state index in [-0.39, 0.29) is 17.5 Å². The Bertz CT molecular complexity index is 1210. The highest BCUT2D eigenvalue weighted by molar-refractivity contribution is 5.94. The maximum atomic E-state index is 14.4. The fourth-order valence-electron chi connectivity index (χ4n) is 4.24. The molecule has 1 atom stereocenters. The minimum atomic E-state index is -0.627. The molecular formula is C25H26FN5O2. The van der Waals surface area contributed by atoms with Crippen LogP contribution in [0.15, 0.2) is 42.5 Å². The number of halogens is 1. The number of aromatic nitrogens is 2. The molecule has 170 valence electrons. The minimum Gasteiger partial charge on any atom is -0.497 e. The molecule has 1 fully saturated rings. The van der Waals surface area contributed by atoms with Crippen LogP contribution in [0, 0.1) is 24.1 Å². The summed E-state index contributed by atoms with van der Waals surface area (Å²) >= 11 is 0. The van der Waals surface area contributed by atoms with Gasteiger partial charge in [-0.15, -0.1) is 0 Å². The highest BCUT2D eigenvalue weighted by Crippen LogP contribution is 2.29. The first-order chi connectivity index (χ1) is 16.0. The Kier molecular flexibility index (Phi) is 6.43. The Labute approximate surface area is 192 Å². The molecule has 0 aliphatic carbocycles. The van der Waals surface area contributed by atoms with Crippen LogP contribution in [-0.4, -0.2) is 53.1 Å². The molecule has 0 bridgehead atoms. The van der Waals surface area contributed by atoms with Crippen molar-refractivity contribution in [2.45, 2.75) is 26.3 Å². The Morgan fingerprint density at radius 3 is 2.70 bits per heavy atom. The summed E-state index contributed by atoms with van der Waals surface area (Å²) in [4.78, 5) is 19.9. The van der Waals surface area contributed by atoms with Gasteiger partial charge in [-0.05, 0) is 62.4 Å². The van der Waals surface area contributed by atoms with Crippen molar-refractivity contribution < 1.29 is 13.9 Å². The lowest BCUT2D eigenvalue weighted by molar-refractivity contribution is 0.0783. The first kappa shape index (κ1) is 22.5. The van der Waals surface area contributed by atoms with Gasteiger partial charge < -0.3 is 15.0 Å². The molecule has 0 radical (unpaired) electrons. The number of carbonyl (C=O) groups is 1. The summed E-state index contributed by atoms with van der Waals surface area (Å²) in [6.45, 7) is 6.03. The molecule has 0 unspecified atom stereocenters. The molecule has 1 saturated heterocycles. The summed E-state index contributed by atoms with van der Waals surface area (Å²) in [5.41, 5.74) is 2.21. The van der Waals surface area contributed by atoms with Crippen molar-refractivity contribution in [1.29, 1.82) is 5.26 Å². The van der Waals surface area contributed by atoms with Crippen molar-refractivity contribution in [3.63, 3.8) is 0 Å². The molecule has 2 aromatic carbocycles. The van der Waals surface area contributed by atoms with E-state index in [4.69, 9.17) is 10.00 Å². The van der Waals surface area contributed by atoms with Gasteiger partial charge in [-0.3, -0.25) is 9.36 Å². The largest absolute Gasteiger partial charge is 0.497 e. The van der Waals surface area contributed by atoms with Gasteiger partial charge >= 0.3 is 0 Å². The molecule has 3 aromatic rings. The zero-order valence-electron chi connectivity index (χ0n) is 18.9. The number of methoxy groups -OCH3 is 1. The molecule has 1 aromatic heterocycles. The van der Waals surface area contributed by atoms with Crippen LogP contribution < -0.4 is 10.1 Å². The Morgan fingerprint density at radius 1 is 1.30 bits per heavy atom. The molecule has 1 N–H and O–H groups in total. The van der Waals surface area contributed by atoms with Crippen LogP contribution in [0.4, 0.5) is 4.39 Å². The van der Waals surface area contributed by atoms with Gasteiger partial charge in [-0.2, -0.15) is 5.26 Å². The van der Waals surface area contributed by atoms with Gasteiger partial charge in [0.25, 0.3) is 5.91 Å². The standard InChI is InChI=1S/C25H26FN5O2/c1-4-28-19-11-12-30(15-19)25(32)23-16(2)31(20-7-9-21(33-3)10-8-20)24(29-23)17-5-6-18(14-27)22(26)13-17/h5-10,13,19,28H,4,11-12,15H2,1-3H3/t19-/m0/s1. The number of carbonyl (C=O) groups excluding carboxylic acids is 1. The van der Waals surface area contributed by atoms with E-state index in [0.29, 0.717) is 41.6 Å². The summed E-state index contributed by atoms with van der Waals surface area (Å²) in [6, 6.07) is 13.8. The van der Waals surface area contributed by atoms with Crippen molar-refractivity contribution in [3.05, 3.63) is 65.2 Å². The quantitative estimate of drug-likeness (QED) is 0.623. The minimum absolute atomic E-state index is 0.0409. The van der Waals surface area contributed by atoms with Gasteiger partial charge in [0, 0.05) is 30.4 Å². The van der Waals surface area contributed by atoms with Crippen LogP contribution >= 0.6 is 0 Å². The van der Waals surface area contributed by atoms with Crippen molar-refractivity contribution >= 4 is 5.91 Å². The number of ether oxygens (including phenoxy) is 1. The first-order valence-corrected chi connectivity index (χ1v) is 10.9. The Balaban J connectivity index is 1.80. The fourth-order valence-corrected chi connectivity index (χ4v) is 4.24. The number of benzene rings is 2. The number of nitrogens with one attached hydrogen (secondary N) is 1. The second kappa shape index (κ2) is 9.43. The average Bonchev–Trinajstić information content (AvgIpc) is 3.43. The van der Waals surface area contributed by atoms with Crippen LogP contribution in [0.5, 0.6) is 5.75 Å². The molecular weight excluding hydrogens is 421 g/mol. The highest BCUT2D eigenvalue weighted by Gasteiger charge is 2.30. The van der Waals surface area contributed by atoms with Gasteiger partial charge in [0.15, 0.2) is 0 Å². The van der Waals surface area contributed by atoms with E-state index in [2.05, 4.69) is 10.3 Å². The molecule has 1 aliphatic rings. The fraction of sp³-hybridized carbons (Fsp3) is 0.320. The van der Waals surface area contributed by atoms with Gasteiger partial charge in [-0.25, -0.2) is 9.37 Å². The predicted octanol–water partition coefficient (Wildman–Crippen LogP) is 3.69. The third-order valence-electron chi connectivity index (χ3n) is 5.96. The van der Waals surface area contributed by atoms with E-state index in [1.54, 1.807) is 13.2 Å². The summed E-state index contributed by atoms with van der Waals surface area (Å²) in [5, 5.41) is 12.5. The van der Waals surface area contributed by atoms with Gasteiger partial charge in [-0.1, -0.05) is 6.92 Å². The Morgan fingerprint density at radius 2 is 2.06 bits per heavy atom. The second-order valence-electron chi connectivity index (χ2n) is 8.00. The van der Waals surface area contributed by atoms with Crippen molar-refractivity contribution in [2.24, 2.45) is 0 Å². The number of amides is 1. The SMILES string of the molecule is CCN[C@H]1CCN(C(=O)c2nc(-c3ccc(C#N)c(F)c3)n(-c3ccc(OC)cc3)c2C)C1. The molecule has 1 aliphatic heterocycles. The summed E-state index contributed by atoms with van der Waals surface area (Å²) in [6.07, 6.45) is 0.894. The number of hydrogen-bond acceptors (Lipinski definition) is 5. The zero-order valence-corrected chi connectivity index (χ0v) is 18.9. The van der Waals surface area contributed by atoms with E-state index in [9.17, 15) is 9.18 Å². The van der Waals surface area contributed by atoms with Crippen molar-refractivity contribution in [1.82, 2.24) is 19.8 Å². The molecule has 7 nitrogen and oxygen atoms in total. The number of nitrogens with zero attached hydrogens (tertiary/aromatic N) is 4. The van der Waals surface area contributed by atoms with Gasteiger partial charge in [0.2, 0.25) is 0 Å². The molecule has 1 amide bonds. The molecule has 33 heavy (non-hydrogen) atoms. The number of imidazole rings is 1. The number of hydrogen-bond donors (Lipinski definition) is 1. The molecule has 4 rings (SSSR count). The van der Waals surface area contributed by atoms with Gasteiger partial charge in [0.05, 0.1) is 18.4 Å². The predicted molar refractivity (Wildman–Crippen MR) is 123 cm³/mol. The topological polar surface area (TPSA) is 83.2 Å². The summed E-state index contributed by atoms with van der Waals surface area (Å²) in [5.74, 6) is 0.366. The van der Waals surface area contributed by atoms with Gasteiger partial charge in [0.1, 0.15) is 29.2 Å². The lowest BCUT2D eigenvalue weighted by atomic mass is 10.1. The van der Waals surface area contributed by atoms with E-state index >= 15 is 0 Å². The van der Waals surface area contributed by atoms with Crippen LogP contribution in [0.3, 0.4) is 0 Å². The average molecular weight is 448 g/mol. The summed E-state index contributed by atoms with van der Waals surface area (Å²) in [7, 11) is 1.59. The smallest absolute Gasteiger partial charge is 0.274 e. The number of rotatable bonds is 6. The molecule has 0 spiro atoms. The maximum absolute atomic E-state index is 14.4. The first-order valence-electron chi connectivity index (χ1n) is 10.9. The van der Waals surface area contributed by atoms with E-state index in [1.807, 2.05) is 53.6 Å². The third-order valence-corrected chi connectivity index (χ3v) is 5.96. The highest BCUT2D eigenvalue weighted by atomic mass is 19.1. The zero-order chi connectivity index (χ0) is 23.5. The monoisotopic (exact) mass is 447 g/mol. The summed E-state index contributed by atoms with van der Waals surface area (Å²) < 4.78 is 21.5. The van der Waals surface area contributed by atoms with E-state index in [1.165, 1.54) is 12.1 Å². The second-order valence-corrected chi connectivity index (χ2v) is 8.00. The van der Waals surface area contributed by atoms with Crippen molar-refractivity contribution in [3.8, 4) is 28.9 Å². The van der Waals surface area contributed by atoms with Crippen LogP contribution in [0.25, 0.3) is 17.1 Å². The third kappa shape index (κ3) is 4.32. The molecule has 0 saturated carbocycles. The molecule has 8 heteroatoms. The Hall–Kier alpha value is -3.70. The lowest BCUT2D eigenvalue weighted by Crippen LogP contribution is -2.35. The number of likely N-dealkylation sites (tertiary alicyclic amines) is 1. The normalized spacial score (nSPS) is 15.5. The molecule has 2 heterocycles.